The molecule has 0 bridgehead atoms. The van der Waals surface area contributed by atoms with E-state index in [9.17, 15) is 0 Å². The smallest absolute Gasteiger partial charge is 0.191 e. The van der Waals surface area contributed by atoms with Crippen LogP contribution in [0.3, 0.4) is 0 Å². The highest BCUT2D eigenvalue weighted by molar-refractivity contribution is 7.98. The van der Waals surface area contributed by atoms with Crippen molar-refractivity contribution in [2.75, 3.05) is 27.1 Å². The van der Waals surface area contributed by atoms with Gasteiger partial charge in [-0.1, -0.05) is 11.8 Å². The van der Waals surface area contributed by atoms with Crippen LogP contribution < -0.4 is 4.74 Å². The summed E-state index contributed by atoms with van der Waals surface area (Å²) in [6.07, 6.45) is 1.99. The van der Waals surface area contributed by atoms with Gasteiger partial charge in [-0.15, -0.1) is 10.2 Å². The second-order valence-corrected chi connectivity index (χ2v) is 4.66. The van der Waals surface area contributed by atoms with Gasteiger partial charge in [0.15, 0.2) is 11.0 Å². The Hall–Kier alpha value is -1.53. The van der Waals surface area contributed by atoms with Crippen molar-refractivity contribution in [2.24, 2.45) is 0 Å². The summed E-state index contributed by atoms with van der Waals surface area (Å²) in [4.78, 5) is 0. The Morgan fingerprint density at radius 1 is 1.16 bits per heavy atom. The van der Waals surface area contributed by atoms with Crippen LogP contribution in [0, 0.1) is 0 Å². The lowest BCUT2D eigenvalue weighted by atomic mass is 10.2. The van der Waals surface area contributed by atoms with Crippen molar-refractivity contribution in [1.29, 1.82) is 0 Å². The molecule has 1 heterocycles. The van der Waals surface area contributed by atoms with Crippen molar-refractivity contribution in [2.45, 2.75) is 11.7 Å². The first-order valence-corrected chi connectivity index (χ1v) is 7.13. The van der Waals surface area contributed by atoms with Crippen molar-refractivity contribution in [3.63, 3.8) is 0 Å². The predicted molar refractivity (Wildman–Crippen MR) is 75.7 cm³/mol. The highest BCUT2D eigenvalue weighted by Crippen LogP contribution is 2.24. The minimum atomic E-state index is 0.634. The van der Waals surface area contributed by atoms with Gasteiger partial charge in [-0.2, -0.15) is 0 Å². The summed E-state index contributed by atoms with van der Waals surface area (Å²) in [5.74, 6) is 1.68. The normalized spacial score (nSPS) is 10.7. The third-order valence-electron chi connectivity index (χ3n) is 2.77. The number of thioether (sulfide) groups is 1. The van der Waals surface area contributed by atoms with Crippen molar-refractivity contribution in [3.05, 3.63) is 24.3 Å². The van der Waals surface area contributed by atoms with E-state index in [2.05, 4.69) is 14.8 Å². The Balaban J connectivity index is 2.34. The Morgan fingerprint density at radius 2 is 1.89 bits per heavy atom. The lowest BCUT2D eigenvalue weighted by molar-refractivity contribution is 0.185. The number of ether oxygens (including phenoxy) is 2. The third kappa shape index (κ3) is 3.08. The molecule has 0 aliphatic carbocycles. The summed E-state index contributed by atoms with van der Waals surface area (Å²) < 4.78 is 12.4. The first-order chi connectivity index (χ1) is 9.30. The average Bonchev–Trinajstić information content (AvgIpc) is 2.88. The number of hydrogen-bond donors (Lipinski definition) is 0. The van der Waals surface area contributed by atoms with Gasteiger partial charge in [0.25, 0.3) is 0 Å². The fourth-order valence-electron chi connectivity index (χ4n) is 1.78. The average molecular weight is 279 g/mol. The summed E-state index contributed by atoms with van der Waals surface area (Å²) in [6, 6.07) is 7.80. The first-order valence-electron chi connectivity index (χ1n) is 5.90. The van der Waals surface area contributed by atoms with E-state index in [0.29, 0.717) is 6.61 Å². The van der Waals surface area contributed by atoms with Crippen LogP contribution in [0.25, 0.3) is 11.4 Å². The standard InChI is InChI=1S/C13H17N3O2S/c1-17-9-8-16-12(14-15-13(16)19-3)10-4-6-11(18-2)7-5-10/h4-7H,8-9H2,1-3H3. The van der Waals surface area contributed by atoms with E-state index in [0.717, 1.165) is 28.8 Å². The van der Waals surface area contributed by atoms with Crippen LogP contribution in [-0.2, 0) is 11.3 Å². The molecule has 0 N–H and O–H groups in total. The number of aromatic nitrogens is 3. The molecule has 0 amide bonds. The molecule has 0 saturated heterocycles. The van der Waals surface area contributed by atoms with E-state index in [1.165, 1.54) is 0 Å². The third-order valence-corrected chi connectivity index (χ3v) is 3.43. The van der Waals surface area contributed by atoms with Crippen LogP contribution in [0.4, 0.5) is 0 Å². The Bertz CT molecular complexity index is 525. The molecule has 1 aromatic carbocycles. The van der Waals surface area contributed by atoms with Crippen LogP contribution >= 0.6 is 11.8 Å². The van der Waals surface area contributed by atoms with Gasteiger partial charge in [-0.25, -0.2) is 0 Å². The lowest BCUT2D eigenvalue weighted by Crippen LogP contribution is -2.07. The molecule has 0 atom stereocenters. The fourth-order valence-corrected chi connectivity index (χ4v) is 2.30. The molecule has 1 aromatic heterocycles. The molecular weight excluding hydrogens is 262 g/mol. The topological polar surface area (TPSA) is 49.2 Å². The zero-order valence-corrected chi connectivity index (χ0v) is 12.1. The molecule has 0 aliphatic heterocycles. The monoisotopic (exact) mass is 279 g/mol. The number of methoxy groups -OCH3 is 2. The summed E-state index contributed by atoms with van der Waals surface area (Å²) in [6.45, 7) is 1.37. The molecule has 102 valence electrons. The number of benzene rings is 1. The molecule has 0 radical (unpaired) electrons. The molecule has 5 nitrogen and oxygen atoms in total. The van der Waals surface area contributed by atoms with Crippen molar-refractivity contribution in [1.82, 2.24) is 14.8 Å². The van der Waals surface area contributed by atoms with E-state index in [1.54, 1.807) is 26.0 Å². The zero-order valence-electron chi connectivity index (χ0n) is 11.3. The summed E-state index contributed by atoms with van der Waals surface area (Å²) in [7, 11) is 3.35. The minimum absolute atomic E-state index is 0.634. The van der Waals surface area contributed by atoms with Gasteiger partial charge in [-0.3, -0.25) is 4.57 Å². The second-order valence-electron chi connectivity index (χ2n) is 3.88. The SMILES string of the molecule is COCCn1c(SC)nnc1-c1ccc(OC)cc1. The second kappa shape index (κ2) is 6.58. The van der Waals surface area contributed by atoms with Gasteiger partial charge < -0.3 is 9.47 Å². The van der Waals surface area contributed by atoms with Crippen molar-refractivity contribution < 1.29 is 9.47 Å². The molecule has 2 aromatic rings. The molecule has 6 heteroatoms. The first kappa shape index (κ1) is 13.9. The van der Waals surface area contributed by atoms with E-state index < -0.39 is 0 Å². The number of hydrogen-bond acceptors (Lipinski definition) is 5. The zero-order chi connectivity index (χ0) is 13.7. The maximum atomic E-state index is 5.16. The predicted octanol–water partition coefficient (Wildman–Crippen LogP) is 2.32. The van der Waals surface area contributed by atoms with E-state index in [-0.39, 0.29) is 0 Å². The van der Waals surface area contributed by atoms with Crippen molar-refractivity contribution in [3.8, 4) is 17.1 Å². The molecule has 0 unspecified atom stereocenters. The highest BCUT2D eigenvalue weighted by Gasteiger charge is 2.12. The van der Waals surface area contributed by atoms with Crippen LogP contribution in [0.15, 0.2) is 29.4 Å². The maximum Gasteiger partial charge on any atom is 0.191 e. The van der Waals surface area contributed by atoms with Gasteiger partial charge >= 0.3 is 0 Å². The largest absolute Gasteiger partial charge is 0.497 e. The lowest BCUT2D eigenvalue weighted by Gasteiger charge is -2.09. The molecule has 0 spiro atoms. The van der Waals surface area contributed by atoms with E-state index in [1.807, 2.05) is 30.5 Å². The van der Waals surface area contributed by atoms with Crippen LogP contribution in [0.2, 0.25) is 0 Å². The van der Waals surface area contributed by atoms with Gasteiger partial charge in [0.2, 0.25) is 0 Å². The van der Waals surface area contributed by atoms with Crippen molar-refractivity contribution >= 4 is 11.8 Å². The van der Waals surface area contributed by atoms with Crippen LogP contribution in [0.5, 0.6) is 5.75 Å². The van der Waals surface area contributed by atoms with Gasteiger partial charge in [-0.05, 0) is 30.5 Å². The van der Waals surface area contributed by atoms with Gasteiger partial charge in [0.05, 0.1) is 20.3 Å². The van der Waals surface area contributed by atoms with Gasteiger partial charge in [0.1, 0.15) is 5.75 Å². The maximum absolute atomic E-state index is 5.16. The molecule has 0 saturated carbocycles. The van der Waals surface area contributed by atoms with Gasteiger partial charge in [0, 0.05) is 12.7 Å². The Morgan fingerprint density at radius 3 is 2.47 bits per heavy atom. The molecule has 19 heavy (non-hydrogen) atoms. The quantitative estimate of drug-likeness (QED) is 0.760. The Kier molecular flexibility index (Phi) is 4.81. The summed E-state index contributed by atoms with van der Waals surface area (Å²) >= 11 is 1.58. The molecule has 0 fully saturated rings. The Labute approximate surface area is 116 Å². The number of rotatable bonds is 6. The van der Waals surface area contributed by atoms with Crippen LogP contribution in [0.1, 0.15) is 0 Å². The molecular formula is C13H17N3O2S. The summed E-state index contributed by atoms with van der Waals surface area (Å²) in [5.41, 5.74) is 1.02. The fraction of sp³-hybridized carbons (Fsp3) is 0.385. The van der Waals surface area contributed by atoms with Crippen LogP contribution in [-0.4, -0.2) is 41.8 Å². The highest BCUT2D eigenvalue weighted by atomic mass is 32.2. The number of nitrogens with zero attached hydrogens (tertiary/aromatic N) is 3. The summed E-state index contributed by atoms with van der Waals surface area (Å²) in [5, 5.41) is 9.35. The van der Waals surface area contributed by atoms with E-state index in [4.69, 9.17) is 9.47 Å². The molecule has 0 aliphatic rings. The minimum Gasteiger partial charge on any atom is -0.497 e. The molecule has 2 rings (SSSR count). The van der Waals surface area contributed by atoms with E-state index >= 15 is 0 Å².